The molecule has 0 saturated heterocycles. The molecule has 1 rings (SSSR count). The van der Waals surface area contributed by atoms with E-state index < -0.39 is 10.0 Å². The van der Waals surface area contributed by atoms with Crippen LogP contribution in [0.1, 0.15) is 40.0 Å². The van der Waals surface area contributed by atoms with Gasteiger partial charge in [0, 0.05) is 12.2 Å². The summed E-state index contributed by atoms with van der Waals surface area (Å²) in [7, 11) is -3.43. The molecule has 0 aliphatic heterocycles. The number of anilines is 1. The van der Waals surface area contributed by atoms with Crippen molar-refractivity contribution >= 4 is 15.7 Å². The van der Waals surface area contributed by atoms with Gasteiger partial charge < -0.3 is 10.4 Å². The summed E-state index contributed by atoms with van der Waals surface area (Å²) in [4.78, 5) is 0.254. The van der Waals surface area contributed by atoms with Crippen LogP contribution >= 0.6 is 0 Å². The molecule has 0 bridgehead atoms. The Morgan fingerprint density at radius 1 is 1.10 bits per heavy atom. The molecule has 0 saturated carbocycles. The van der Waals surface area contributed by atoms with Crippen molar-refractivity contribution in [2.45, 2.75) is 50.5 Å². The van der Waals surface area contributed by atoms with E-state index in [1.807, 2.05) is 20.8 Å². The Kier molecular flexibility index (Phi) is 6.64. The average Bonchev–Trinajstić information content (AvgIpc) is 2.51. The molecule has 5 nitrogen and oxygen atoms in total. The molecule has 0 radical (unpaired) electrons. The smallest absolute Gasteiger partial charge is 0.240 e. The minimum absolute atomic E-state index is 0.0398. The Labute approximate surface area is 127 Å². The number of hydrogen-bond acceptors (Lipinski definition) is 4. The first-order valence-electron chi connectivity index (χ1n) is 7.41. The van der Waals surface area contributed by atoms with Gasteiger partial charge in [0.1, 0.15) is 0 Å². The molecule has 0 aliphatic rings. The molecule has 21 heavy (non-hydrogen) atoms. The van der Waals surface area contributed by atoms with Gasteiger partial charge in [0.05, 0.1) is 17.0 Å². The van der Waals surface area contributed by atoms with Gasteiger partial charge in [-0.2, -0.15) is 0 Å². The maximum absolute atomic E-state index is 12.0. The fraction of sp³-hybridized carbons (Fsp3) is 0.600. The Bertz CT molecular complexity index is 514. The number of hydrogen-bond donors (Lipinski definition) is 3. The second-order valence-corrected chi connectivity index (χ2v) is 6.96. The minimum Gasteiger partial charge on any atom is -0.394 e. The van der Waals surface area contributed by atoms with E-state index in [2.05, 4.69) is 10.0 Å². The van der Waals surface area contributed by atoms with E-state index in [0.717, 1.165) is 24.9 Å². The van der Waals surface area contributed by atoms with Crippen molar-refractivity contribution in [3.63, 3.8) is 0 Å². The Hall–Kier alpha value is -1.11. The van der Waals surface area contributed by atoms with Crippen LogP contribution in [0.4, 0.5) is 5.69 Å². The lowest BCUT2D eigenvalue weighted by molar-refractivity contribution is 0.202. The first-order chi connectivity index (χ1) is 9.93. The summed E-state index contributed by atoms with van der Waals surface area (Å²) < 4.78 is 26.5. The fourth-order valence-corrected chi connectivity index (χ4v) is 3.17. The summed E-state index contributed by atoms with van der Waals surface area (Å²) in [5.74, 6) is 0. The van der Waals surface area contributed by atoms with Crippen molar-refractivity contribution < 1.29 is 13.5 Å². The van der Waals surface area contributed by atoms with Gasteiger partial charge in [0.25, 0.3) is 0 Å². The Morgan fingerprint density at radius 2 is 1.67 bits per heavy atom. The topological polar surface area (TPSA) is 78.4 Å². The second-order valence-electron chi connectivity index (χ2n) is 5.19. The standard InChI is InChI=1S/C15H26N2O3S/c1-4-11-16-21(19,20)14-9-7-13(8-10-14)17-15(5-2,6-3)12-18/h7-10,16-18H,4-6,11-12H2,1-3H3. The first-order valence-corrected chi connectivity index (χ1v) is 8.90. The van der Waals surface area contributed by atoms with Gasteiger partial charge in [-0.1, -0.05) is 20.8 Å². The summed E-state index contributed by atoms with van der Waals surface area (Å²) in [6.45, 7) is 6.42. The lowest BCUT2D eigenvalue weighted by Crippen LogP contribution is -2.40. The molecular weight excluding hydrogens is 288 g/mol. The van der Waals surface area contributed by atoms with Crippen molar-refractivity contribution in [1.29, 1.82) is 0 Å². The van der Waals surface area contributed by atoms with Crippen molar-refractivity contribution in [1.82, 2.24) is 4.72 Å². The van der Waals surface area contributed by atoms with Crippen LogP contribution in [0.5, 0.6) is 0 Å². The zero-order valence-corrected chi connectivity index (χ0v) is 13.8. The molecule has 1 aromatic rings. The van der Waals surface area contributed by atoms with Crippen molar-refractivity contribution in [3.05, 3.63) is 24.3 Å². The Balaban J connectivity index is 2.88. The third-order valence-corrected chi connectivity index (χ3v) is 5.25. The highest BCUT2D eigenvalue weighted by Crippen LogP contribution is 2.23. The molecule has 0 aliphatic carbocycles. The molecule has 0 heterocycles. The normalized spacial score (nSPS) is 12.4. The van der Waals surface area contributed by atoms with Crippen LogP contribution in [-0.2, 0) is 10.0 Å². The van der Waals surface area contributed by atoms with E-state index in [1.165, 1.54) is 0 Å². The largest absolute Gasteiger partial charge is 0.394 e. The van der Waals surface area contributed by atoms with Gasteiger partial charge in [-0.25, -0.2) is 13.1 Å². The van der Waals surface area contributed by atoms with Gasteiger partial charge in [0.15, 0.2) is 0 Å². The molecule has 3 N–H and O–H groups in total. The molecule has 0 atom stereocenters. The van der Waals surface area contributed by atoms with Crippen molar-refractivity contribution in [2.24, 2.45) is 0 Å². The van der Waals surface area contributed by atoms with Gasteiger partial charge in [-0.3, -0.25) is 0 Å². The SMILES string of the molecule is CCCNS(=O)(=O)c1ccc(NC(CC)(CC)CO)cc1. The van der Waals surface area contributed by atoms with E-state index in [-0.39, 0.29) is 17.0 Å². The predicted molar refractivity (Wildman–Crippen MR) is 85.9 cm³/mol. The van der Waals surface area contributed by atoms with E-state index in [1.54, 1.807) is 24.3 Å². The van der Waals surface area contributed by atoms with Crippen molar-refractivity contribution in [2.75, 3.05) is 18.5 Å². The van der Waals surface area contributed by atoms with E-state index in [0.29, 0.717) is 6.54 Å². The van der Waals surface area contributed by atoms with Gasteiger partial charge in [-0.05, 0) is 43.5 Å². The van der Waals surface area contributed by atoms with Gasteiger partial charge in [0.2, 0.25) is 10.0 Å². The minimum atomic E-state index is -3.43. The lowest BCUT2D eigenvalue weighted by atomic mass is 9.93. The number of aliphatic hydroxyl groups is 1. The highest BCUT2D eigenvalue weighted by atomic mass is 32.2. The summed E-state index contributed by atoms with van der Waals surface area (Å²) in [5.41, 5.74) is 0.447. The molecule has 0 unspecified atom stereocenters. The molecule has 120 valence electrons. The molecule has 0 spiro atoms. The van der Waals surface area contributed by atoms with Crippen LogP contribution < -0.4 is 10.0 Å². The number of benzene rings is 1. The molecular formula is C15H26N2O3S. The van der Waals surface area contributed by atoms with E-state index in [9.17, 15) is 13.5 Å². The third kappa shape index (κ3) is 4.69. The predicted octanol–water partition coefficient (Wildman–Crippen LogP) is 2.34. The highest BCUT2D eigenvalue weighted by molar-refractivity contribution is 7.89. The van der Waals surface area contributed by atoms with Gasteiger partial charge >= 0.3 is 0 Å². The maximum atomic E-state index is 12.0. The van der Waals surface area contributed by atoms with Crippen LogP contribution in [0.2, 0.25) is 0 Å². The average molecular weight is 314 g/mol. The fourth-order valence-electron chi connectivity index (χ4n) is 2.03. The number of rotatable bonds is 9. The summed E-state index contributed by atoms with van der Waals surface area (Å²) in [5, 5.41) is 12.8. The van der Waals surface area contributed by atoms with Crippen molar-refractivity contribution in [3.8, 4) is 0 Å². The summed E-state index contributed by atoms with van der Waals surface area (Å²) in [6, 6.07) is 6.62. The van der Waals surface area contributed by atoms with E-state index in [4.69, 9.17) is 0 Å². The Morgan fingerprint density at radius 3 is 2.10 bits per heavy atom. The van der Waals surface area contributed by atoms with Crippen LogP contribution in [0.15, 0.2) is 29.2 Å². The van der Waals surface area contributed by atoms with Crippen LogP contribution in [0.3, 0.4) is 0 Å². The molecule has 6 heteroatoms. The summed E-state index contributed by atoms with van der Waals surface area (Å²) in [6.07, 6.45) is 2.33. The second kappa shape index (κ2) is 7.77. The molecule has 1 aromatic carbocycles. The van der Waals surface area contributed by atoms with E-state index >= 15 is 0 Å². The third-order valence-electron chi connectivity index (χ3n) is 3.77. The van der Waals surface area contributed by atoms with Crippen LogP contribution in [-0.4, -0.2) is 32.2 Å². The number of sulfonamides is 1. The molecule has 0 fully saturated rings. The number of nitrogens with one attached hydrogen (secondary N) is 2. The number of aliphatic hydroxyl groups excluding tert-OH is 1. The first kappa shape index (κ1) is 17.9. The molecule has 0 aromatic heterocycles. The quantitative estimate of drug-likeness (QED) is 0.654. The zero-order chi connectivity index (χ0) is 15.9. The monoisotopic (exact) mass is 314 g/mol. The van der Waals surface area contributed by atoms with Crippen LogP contribution in [0, 0.1) is 0 Å². The lowest BCUT2D eigenvalue weighted by Gasteiger charge is -2.32. The van der Waals surface area contributed by atoms with Crippen LogP contribution in [0.25, 0.3) is 0 Å². The van der Waals surface area contributed by atoms with Gasteiger partial charge in [-0.15, -0.1) is 0 Å². The molecule has 0 amide bonds. The highest BCUT2D eigenvalue weighted by Gasteiger charge is 2.24. The zero-order valence-electron chi connectivity index (χ0n) is 13.0. The summed E-state index contributed by atoms with van der Waals surface area (Å²) >= 11 is 0. The maximum Gasteiger partial charge on any atom is 0.240 e.